The summed E-state index contributed by atoms with van der Waals surface area (Å²) in [6.07, 6.45) is -11.8. The molecule has 13 heteroatoms. The first kappa shape index (κ1) is 25.3. The Kier molecular flexibility index (Phi) is 8.85. The van der Waals surface area contributed by atoms with Crippen molar-refractivity contribution in [3.63, 3.8) is 0 Å². The topological polar surface area (TPSA) is 203 Å². The van der Waals surface area contributed by atoms with Crippen molar-refractivity contribution >= 4 is 0 Å². The number of nitrogens with one attached hydrogen (secondary N) is 1. The van der Waals surface area contributed by atoms with Crippen LogP contribution in [0.4, 0.5) is 0 Å². The Morgan fingerprint density at radius 1 is 0.906 bits per heavy atom. The third kappa shape index (κ3) is 5.59. The summed E-state index contributed by atoms with van der Waals surface area (Å²) in [6, 6.07) is 1.73. The number of pyridine rings is 1. The Hall–Kier alpha value is -1.33. The second-order valence-corrected chi connectivity index (χ2v) is 7.66. The molecule has 0 saturated carbocycles. The Morgan fingerprint density at radius 3 is 2.25 bits per heavy atom. The lowest BCUT2D eigenvalue weighted by molar-refractivity contribution is -0.347. The molecule has 0 spiro atoms. The van der Waals surface area contributed by atoms with Crippen molar-refractivity contribution in [2.75, 3.05) is 13.2 Å². The Morgan fingerprint density at radius 2 is 1.59 bits per heavy atom. The Balaban J connectivity index is 1.66. The van der Waals surface area contributed by atoms with Crippen LogP contribution in [0, 0.1) is 6.92 Å². The third-order valence-corrected chi connectivity index (χ3v) is 5.30. The van der Waals surface area contributed by atoms with Crippen LogP contribution < -0.4 is 5.48 Å². The van der Waals surface area contributed by atoms with Gasteiger partial charge in [0.05, 0.1) is 19.8 Å². The van der Waals surface area contributed by atoms with Crippen molar-refractivity contribution < 1.29 is 54.8 Å². The van der Waals surface area contributed by atoms with Crippen molar-refractivity contribution in [2.24, 2.45) is 0 Å². The van der Waals surface area contributed by atoms with Gasteiger partial charge in [0.15, 0.2) is 12.5 Å². The van der Waals surface area contributed by atoms with Gasteiger partial charge >= 0.3 is 0 Å². The highest BCUT2D eigenvalue weighted by atomic mass is 16.7. The van der Waals surface area contributed by atoms with Crippen LogP contribution >= 0.6 is 0 Å². The number of ether oxygens (including phenoxy) is 3. The maximum Gasteiger partial charge on any atom is 0.187 e. The van der Waals surface area contributed by atoms with E-state index in [9.17, 15) is 35.7 Å². The summed E-state index contributed by atoms with van der Waals surface area (Å²) < 4.78 is 16.2. The lowest BCUT2D eigenvalue weighted by atomic mass is 9.96. The third-order valence-electron chi connectivity index (χ3n) is 5.30. The van der Waals surface area contributed by atoms with E-state index in [4.69, 9.17) is 19.0 Å². The molecular formula is C19H29N2O11. The summed E-state index contributed by atoms with van der Waals surface area (Å²) in [7, 11) is 0. The summed E-state index contributed by atoms with van der Waals surface area (Å²) in [5.41, 5.74) is 3.84. The van der Waals surface area contributed by atoms with Gasteiger partial charge in [-0.3, -0.25) is 9.82 Å². The maximum absolute atomic E-state index is 10.7. The van der Waals surface area contributed by atoms with Crippen LogP contribution in [0.15, 0.2) is 18.5 Å². The molecule has 2 aliphatic rings. The lowest BCUT2D eigenvalue weighted by Gasteiger charge is -2.46. The van der Waals surface area contributed by atoms with Gasteiger partial charge in [-0.1, -0.05) is 6.07 Å². The average Bonchev–Trinajstić information content (AvgIpc) is 2.78. The Labute approximate surface area is 183 Å². The number of nitrogens with zero attached hydrogens (tertiary/aromatic N) is 1. The Bertz CT molecular complexity index is 726. The molecule has 1 radical (unpaired) electrons. The number of aliphatic hydroxyl groups is 7. The summed E-state index contributed by atoms with van der Waals surface area (Å²) >= 11 is 0. The van der Waals surface area contributed by atoms with E-state index >= 15 is 0 Å². The molecule has 3 rings (SSSR count). The van der Waals surface area contributed by atoms with Crippen LogP contribution in [0.25, 0.3) is 0 Å². The largest absolute Gasteiger partial charge is 0.394 e. The maximum atomic E-state index is 10.7. The standard InChI is InChI=1S/C19H29N2O11/c1-8-2-9(4-20-3-8)7-29-21-18-16(28)17(13(25)11(6-23)30-18)32-19-15(27)14(26)12(24)10(5-22)31-19/h2-4,10-19,21-28H,1,5-7H2/t10?,11?,12-,13-,14-,15?,16?,17-,18-,19+/m1/s1. The SMILES string of the molecule is [CH2]c1cncc(CON[C@@H]2OC(CO)[C@@H](O)[C@@H](O[C@@H]3OC(CO)[C@@H](O)[C@@H](O)C3O)C2O)c1. The number of aromatic nitrogens is 1. The van der Waals surface area contributed by atoms with E-state index in [1.165, 1.54) is 0 Å². The zero-order chi connectivity index (χ0) is 23.4. The summed E-state index contributed by atoms with van der Waals surface area (Å²) in [5.74, 6) is 0. The zero-order valence-corrected chi connectivity index (χ0v) is 17.0. The highest BCUT2D eigenvalue weighted by molar-refractivity contribution is 5.19. The van der Waals surface area contributed by atoms with E-state index in [0.29, 0.717) is 11.1 Å². The van der Waals surface area contributed by atoms with Crippen LogP contribution in [-0.2, 0) is 25.7 Å². The molecule has 4 unspecified atom stereocenters. The average molecular weight is 461 g/mol. The summed E-state index contributed by atoms with van der Waals surface area (Å²) in [4.78, 5) is 9.31. The van der Waals surface area contributed by atoms with Crippen LogP contribution in [0.5, 0.6) is 0 Å². The van der Waals surface area contributed by atoms with Crippen molar-refractivity contribution in [2.45, 2.75) is 68.0 Å². The fourth-order valence-electron chi connectivity index (χ4n) is 3.51. The van der Waals surface area contributed by atoms with Crippen LogP contribution in [0.1, 0.15) is 11.1 Å². The van der Waals surface area contributed by atoms with E-state index in [0.717, 1.165) is 0 Å². The molecule has 0 amide bonds. The van der Waals surface area contributed by atoms with Gasteiger partial charge in [-0.2, -0.15) is 5.48 Å². The first-order valence-electron chi connectivity index (χ1n) is 9.98. The molecule has 2 fully saturated rings. The van der Waals surface area contributed by atoms with Crippen molar-refractivity contribution in [1.82, 2.24) is 10.5 Å². The predicted molar refractivity (Wildman–Crippen MR) is 103 cm³/mol. The number of aliphatic hydroxyl groups excluding tert-OH is 7. The van der Waals surface area contributed by atoms with E-state index in [1.54, 1.807) is 18.5 Å². The van der Waals surface area contributed by atoms with E-state index in [1.807, 2.05) is 0 Å². The zero-order valence-electron chi connectivity index (χ0n) is 17.0. The molecule has 0 bridgehead atoms. The molecule has 181 valence electrons. The molecule has 3 heterocycles. The fraction of sp³-hybridized carbons (Fsp3) is 0.684. The molecule has 1 aromatic rings. The van der Waals surface area contributed by atoms with Gasteiger partial charge in [0, 0.05) is 12.4 Å². The molecule has 0 aliphatic carbocycles. The van der Waals surface area contributed by atoms with Gasteiger partial charge in [-0.05, 0) is 18.1 Å². The monoisotopic (exact) mass is 461 g/mol. The number of hydrogen-bond donors (Lipinski definition) is 8. The van der Waals surface area contributed by atoms with Crippen LogP contribution in [0.2, 0.25) is 0 Å². The van der Waals surface area contributed by atoms with E-state index < -0.39 is 74.6 Å². The van der Waals surface area contributed by atoms with Crippen LogP contribution in [0.3, 0.4) is 0 Å². The van der Waals surface area contributed by atoms with E-state index in [2.05, 4.69) is 17.4 Å². The second-order valence-electron chi connectivity index (χ2n) is 7.66. The molecule has 32 heavy (non-hydrogen) atoms. The molecule has 1 aromatic heterocycles. The molecule has 10 atom stereocenters. The van der Waals surface area contributed by atoms with Gasteiger partial charge in [0.25, 0.3) is 0 Å². The molecule has 0 aromatic carbocycles. The minimum atomic E-state index is -1.74. The second kappa shape index (κ2) is 11.2. The van der Waals surface area contributed by atoms with Crippen molar-refractivity contribution in [3.8, 4) is 0 Å². The number of hydroxylamine groups is 1. The van der Waals surface area contributed by atoms with Gasteiger partial charge in [0.1, 0.15) is 48.8 Å². The van der Waals surface area contributed by atoms with Crippen LogP contribution in [-0.4, -0.2) is 115 Å². The minimum Gasteiger partial charge on any atom is -0.394 e. The predicted octanol–water partition coefficient (Wildman–Crippen LogP) is -4.09. The molecule has 8 N–H and O–H groups in total. The summed E-state index contributed by atoms with van der Waals surface area (Å²) in [6.45, 7) is 2.48. The van der Waals surface area contributed by atoms with Crippen molar-refractivity contribution in [1.29, 1.82) is 0 Å². The smallest absolute Gasteiger partial charge is 0.187 e. The highest BCUT2D eigenvalue weighted by Crippen LogP contribution is 2.28. The first-order chi connectivity index (χ1) is 15.3. The fourth-order valence-corrected chi connectivity index (χ4v) is 3.51. The number of hydrogen-bond acceptors (Lipinski definition) is 13. The van der Waals surface area contributed by atoms with Crippen molar-refractivity contribution in [3.05, 3.63) is 36.5 Å². The quantitative estimate of drug-likeness (QED) is 0.174. The van der Waals surface area contributed by atoms with Gasteiger partial charge < -0.3 is 50.0 Å². The minimum absolute atomic E-state index is 0.0352. The highest BCUT2D eigenvalue weighted by Gasteiger charge is 2.50. The lowest BCUT2D eigenvalue weighted by Crippen LogP contribution is -2.66. The normalized spacial score (nSPS) is 40.4. The van der Waals surface area contributed by atoms with E-state index in [-0.39, 0.29) is 6.61 Å². The number of rotatable bonds is 8. The van der Waals surface area contributed by atoms with Gasteiger partial charge in [-0.15, -0.1) is 0 Å². The van der Waals surface area contributed by atoms with Gasteiger partial charge in [0.2, 0.25) is 0 Å². The summed E-state index contributed by atoms with van der Waals surface area (Å²) in [5, 5.41) is 69.9. The molecule has 2 saturated heterocycles. The first-order valence-corrected chi connectivity index (χ1v) is 9.98. The van der Waals surface area contributed by atoms with Gasteiger partial charge in [-0.25, -0.2) is 0 Å². The molecular weight excluding hydrogens is 432 g/mol. The molecule has 2 aliphatic heterocycles. The molecule has 13 nitrogen and oxygen atoms in total.